The number of carbonyl (C=O) groups excluding carboxylic acids is 1. The Morgan fingerprint density at radius 3 is 2.83 bits per heavy atom. The van der Waals surface area contributed by atoms with E-state index in [2.05, 4.69) is 32.3 Å². The number of nitrogens with one attached hydrogen (secondary N) is 1. The lowest BCUT2D eigenvalue weighted by molar-refractivity contribution is -0.116. The van der Waals surface area contributed by atoms with Crippen molar-refractivity contribution >= 4 is 17.4 Å². The van der Waals surface area contributed by atoms with Crippen LogP contribution in [0.2, 0.25) is 0 Å². The Morgan fingerprint density at radius 1 is 1.42 bits per heavy atom. The molecule has 1 aromatic rings. The fourth-order valence-electron chi connectivity index (χ4n) is 1.93. The Morgan fingerprint density at radius 2 is 2.21 bits per heavy atom. The zero-order chi connectivity index (χ0) is 17.6. The van der Waals surface area contributed by atoms with Crippen LogP contribution in [0, 0.1) is 17.9 Å². The quantitative estimate of drug-likeness (QED) is 0.395. The van der Waals surface area contributed by atoms with Crippen LogP contribution in [0.1, 0.15) is 45.4 Å². The molecule has 0 aliphatic carbocycles. The molecule has 1 rings (SSSR count). The summed E-state index contributed by atoms with van der Waals surface area (Å²) in [7, 11) is 0. The van der Waals surface area contributed by atoms with Gasteiger partial charge in [-0.2, -0.15) is 10.4 Å². The lowest BCUT2D eigenvalue weighted by Gasteiger charge is -2.04. The van der Waals surface area contributed by atoms with Crippen molar-refractivity contribution in [2.75, 3.05) is 11.9 Å². The van der Waals surface area contributed by atoms with Gasteiger partial charge in [0, 0.05) is 6.42 Å². The molecule has 1 N–H and O–H groups in total. The number of nitrogens with zero attached hydrogens (tertiary/aromatic N) is 5. The molecule has 0 aromatic carbocycles. The fourth-order valence-corrected chi connectivity index (χ4v) is 1.93. The molecule has 1 heterocycles. The van der Waals surface area contributed by atoms with Crippen LogP contribution in [-0.2, 0) is 4.79 Å². The number of amides is 1. The Balaban J connectivity index is 2.36. The van der Waals surface area contributed by atoms with E-state index >= 15 is 0 Å². The van der Waals surface area contributed by atoms with Crippen molar-refractivity contribution < 1.29 is 4.79 Å². The van der Waals surface area contributed by atoms with Gasteiger partial charge in [-0.05, 0) is 18.6 Å². The number of rotatable bonds is 10. The smallest absolute Gasteiger partial charge is 0.325 e. The third-order valence-electron chi connectivity index (χ3n) is 3.27. The van der Waals surface area contributed by atoms with Crippen molar-refractivity contribution in [3.8, 4) is 6.07 Å². The predicted octanol–water partition coefficient (Wildman–Crippen LogP) is 4.28. The number of anilines is 1. The van der Waals surface area contributed by atoms with E-state index in [0.29, 0.717) is 17.9 Å². The zero-order valence-corrected chi connectivity index (χ0v) is 13.9. The Labute approximate surface area is 142 Å². The van der Waals surface area contributed by atoms with Gasteiger partial charge >= 0.3 is 6.04 Å². The predicted molar refractivity (Wildman–Crippen MR) is 91.6 cm³/mol. The average Bonchev–Trinajstić information content (AvgIpc) is 2.60. The molecule has 7 nitrogen and oxygen atoms in total. The molecule has 1 aromatic heterocycles. The summed E-state index contributed by atoms with van der Waals surface area (Å²) in [5, 5.41) is 19.0. The number of hydrogen-bond acceptors (Lipinski definition) is 5. The maximum atomic E-state index is 11.8. The van der Waals surface area contributed by atoms with E-state index in [4.69, 9.17) is 11.8 Å². The summed E-state index contributed by atoms with van der Waals surface area (Å²) in [6, 6.07) is 4.33. The molecule has 0 saturated carbocycles. The summed E-state index contributed by atoms with van der Waals surface area (Å²) < 4.78 is 0. The summed E-state index contributed by atoms with van der Waals surface area (Å²) in [5.41, 5.74) is 0.614. The molecular formula is C17H22N6O. The molecule has 0 spiro atoms. The van der Waals surface area contributed by atoms with Crippen LogP contribution in [0.15, 0.2) is 28.6 Å². The summed E-state index contributed by atoms with van der Waals surface area (Å²) >= 11 is 0. The highest BCUT2D eigenvalue weighted by Gasteiger charge is 2.08. The zero-order valence-electron chi connectivity index (χ0n) is 13.9. The first kappa shape index (κ1) is 19.2. The SMILES string of the molecule is [C-]#[N+]C(C#N)CN=Nc1ccc(NC(=O)CCCCCCC)cn1. The summed E-state index contributed by atoms with van der Waals surface area (Å²) in [6.45, 7) is 8.95. The molecule has 0 aliphatic heterocycles. The minimum Gasteiger partial charge on any atom is -0.325 e. The fraction of sp³-hybridized carbons (Fsp3) is 0.529. The molecule has 7 heteroatoms. The molecule has 0 saturated heterocycles. The van der Waals surface area contributed by atoms with Gasteiger partial charge < -0.3 is 5.32 Å². The first-order valence-electron chi connectivity index (χ1n) is 8.09. The van der Waals surface area contributed by atoms with Gasteiger partial charge in [0.2, 0.25) is 5.91 Å². The number of hydrogen-bond donors (Lipinski definition) is 1. The third-order valence-corrected chi connectivity index (χ3v) is 3.27. The van der Waals surface area contributed by atoms with E-state index in [1.54, 1.807) is 12.1 Å². The second kappa shape index (κ2) is 11.7. The van der Waals surface area contributed by atoms with Crippen LogP contribution in [0.3, 0.4) is 0 Å². The molecule has 0 aliphatic rings. The molecular weight excluding hydrogens is 304 g/mol. The highest BCUT2D eigenvalue weighted by Crippen LogP contribution is 2.14. The molecule has 1 amide bonds. The van der Waals surface area contributed by atoms with Crippen LogP contribution in [-0.4, -0.2) is 23.5 Å². The van der Waals surface area contributed by atoms with E-state index in [0.717, 1.165) is 12.8 Å². The van der Waals surface area contributed by atoms with Crippen molar-refractivity contribution in [3.05, 3.63) is 29.7 Å². The number of aromatic nitrogens is 1. The third kappa shape index (κ3) is 8.00. The average molecular weight is 326 g/mol. The minimum atomic E-state index is -0.815. The molecule has 1 atom stereocenters. The topological polar surface area (TPSA) is 94.9 Å². The van der Waals surface area contributed by atoms with Gasteiger partial charge in [0.05, 0.1) is 11.9 Å². The number of carbonyl (C=O) groups is 1. The summed E-state index contributed by atoms with van der Waals surface area (Å²) in [5.74, 6) is 0.353. The van der Waals surface area contributed by atoms with Gasteiger partial charge in [-0.15, -0.1) is 5.11 Å². The van der Waals surface area contributed by atoms with Crippen LogP contribution < -0.4 is 5.32 Å². The van der Waals surface area contributed by atoms with E-state index in [-0.39, 0.29) is 12.5 Å². The standard InChI is InChI=1S/C17H22N6O/c1-3-4-5-6-7-8-17(24)22-14-9-10-16(20-12-14)23-21-13-15(11-18)19-2/h9-10,12,15H,3-8,13H2,1H3,(H,22,24). The van der Waals surface area contributed by atoms with E-state index in [1.165, 1.54) is 25.5 Å². The molecule has 1 unspecified atom stereocenters. The number of nitriles is 1. The van der Waals surface area contributed by atoms with Crippen molar-refractivity contribution in [3.63, 3.8) is 0 Å². The van der Waals surface area contributed by atoms with Gasteiger partial charge in [0.25, 0.3) is 0 Å². The Kier molecular flexibility index (Phi) is 9.40. The van der Waals surface area contributed by atoms with E-state index < -0.39 is 6.04 Å². The van der Waals surface area contributed by atoms with Crippen molar-refractivity contribution in [1.29, 1.82) is 5.26 Å². The van der Waals surface area contributed by atoms with Crippen molar-refractivity contribution in [2.24, 2.45) is 10.2 Å². The summed E-state index contributed by atoms with van der Waals surface area (Å²) in [4.78, 5) is 19.0. The van der Waals surface area contributed by atoms with Crippen LogP contribution >= 0.6 is 0 Å². The summed E-state index contributed by atoms with van der Waals surface area (Å²) in [6.07, 6.45) is 7.57. The maximum Gasteiger partial charge on any atom is 0.328 e. The lowest BCUT2D eigenvalue weighted by atomic mass is 10.1. The Bertz CT molecular complexity index is 597. The monoisotopic (exact) mass is 326 g/mol. The van der Waals surface area contributed by atoms with Crippen molar-refractivity contribution in [1.82, 2.24) is 4.98 Å². The Hall–Kier alpha value is -2.80. The molecule has 0 fully saturated rings. The van der Waals surface area contributed by atoms with Gasteiger partial charge in [0.1, 0.15) is 6.54 Å². The van der Waals surface area contributed by atoms with Crippen LogP contribution in [0.5, 0.6) is 0 Å². The van der Waals surface area contributed by atoms with E-state index in [9.17, 15) is 4.79 Å². The van der Waals surface area contributed by atoms with Crippen LogP contribution in [0.4, 0.5) is 11.5 Å². The molecule has 126 valence electrons. The minimum absolute atomic E-state index is 0.0170. The normalized spacial score (nSPS) is 11.6. The first-order chi connectivity index (χ1) is 11.7. The largest absolute Gasteiger partial charge is 0.328 e. The lowest BCUT2D eigenvalue weighted by Crippen LogP contribution is -2.11. The number of azo groups is 1. The molecule has 24 heavy (non-hydrogen) atoms. The highest BCUT2D eigenvalue weighted by atomic mass is 16.1. The second-order valence-electron chi connectivity index (χ2n) is 5.32. The van der Waals surface area contributed by atoms with Crippen molar-refractivity contribution in [2.45, 2.75) is 51.5 Å². The van der Waals surface area contributed by atoms with Gasteiger partial charge in [-0.1, -0.05) is 32.6 Å². The number of unbranched alkanes of at least 4 members (excludes halogenated alkanes) is 4. The first-order valence-corrected chi connectivity index (χ1v) is 8.09. The number of pyridine rings is 1. The van der Waals surface area contributed by atoms with Crippen LogP contribution in [0.25, 0.3) is 4.85 Å². The highest BCUT2D eigenvalue weighted by molar-refractivity contribution is 5.90. The second-order valence-corrected chi connectivity index (χ2v) is 5.32. The van der Waals surface area contributed by atoms with Gasteiger partial charge in [0.15, 0.2) is 11.9 Å². The molecule has 0 radical (unpaired) electrons. The maximum absolute atomic E-state index is 11.8. The van der Waals surface area contributed by atoms with E-state index in [1.807, 2.05) is 6.07 Å². The van der Waals surface area contributed by atoms with Gasteiger partial charge in [-0.25, -0.2) is 11.6 Å². The van der Waals surface area contributed by atoms with Gasteiger partial charge in [-0.3, -0.25) is 9.64 Å². The molecule has 0 bridgehead atoms.